The van der Waals surface area contributed by atoms with Crippen LogP contribution in [-0.4, -0.2) is 24.1 Å². The van der Waals surface area contributed by atoms with Crippen molar-refractivity contribution < 1.29 is 8.42 Å². The standard InChI is InChI=1S/C25H32ClNO2S/c1-24(2)19-25(15-6-3-7-16-25)27(18-21-8-4-5-9-23(21)24)30(28,29)22-12-10-20(11-13-22)14-17-26/h4-5,8-13H,3,6-7,14-19H2,1-2H3. The molecule has 1 aliphatic heterocycles. The van der Waals surface area contributed by atoms with E-state index in [1.165, 1.54) is 12.0 Å². The van der Waals surface area contributed by atoms with Crippen LogP contribution in [0.15, 0.2) is 53.4 Å². The second kappa shape index (κ2) is 8.29. The average molecular weight is 446 g/mol. The lowest BCUT2D eigenvalue weighted by atomic mass is 9.69. The number of hydrogen-bond acceptors (Lipinski definition) is 2. The number of benzene rings is 2. The Bertz CT molecular complexity index is 992. The summed E-state index contributed by atoms with van der Waals surface area (Å²) >= 11 is 5.85. The van der Waals surface area contributed by atoms with Crippen LogP contribution in [0.3, 0.4) is 0 Å². The van der Waals surface area contributed by atoms with Gasteiger partial charge in [0.1, 0.15) is 0 Å². The molecule has 162 valence electrons. The summed E-state index contributed by atoms with van der Waals surface area (Å²) in [6.07, 6.45) is 6.86. The van der Waals surface area contributed by atoms with E-state index < -0.39 is 10.0 Å². The van der Waals surface area contributed by atoms with Gasteiger partial charge in [-0.1, -0.05) is 69.5 Å². The highest BCUT2D eigenvalue weighted by molar-refractivity contribution is 7.89. The van der Waals surface area contributed by atoms with Crippen LogP contribution in [0.2, 0.25) is 0 Å². The van der Waals surface area contributed by atoms with Gasteiger partial charge in [0.15, 0.2) is 0 Å². The zero-order valence-corrected chi connectivity index (χ0v) is 19.6. The number of rotatable bonds is 4. The minimum atomic E-state index is -3.62. The Hall–Kier alpha value is -1.36. The van der Waals surface area contributed by atoms with Gasteiger partial charge >= 0.3 is 0 Å². The Morgan fingerprint density at radius 3 is 2.30 bits per heavy atom. The first-order chi connectivity index (χ1) is 14.3. The van der Waals surface area contributed by atoms with Crippen molar-refractivity contribution in [3.8, 4) is 0 Å². The Morgan fingerprint density at radius 1 is 0.967 bits per heavy atom. The molecule has 1 saturated carbocycles. The zero-order chi connectivity index (χ0) is 21.4. The lowest BCUT2D eigenvalue weighted by Gasteiger charge is -2.47. The molecule has 1 heterocycles. The molecule has 0 atom stereocenters. The van der Waals surface area contributed by atoms with Crippen molar-refractivity contribution in [2.45, 2.75) is 81.2 Å². The van der Waals surface area contributed by atoms with Gasteiger partial charge in [0.25, 0.3) is 0 Å². The largest absolute Gasteiger partial charge is 0.243 e. The van der Waals surface area contributed by atoms with Crippen molar-refractivity contribution in [3.63, 3.8) is 0 Å². The summed E-state index contributed by atoms with van der Waals surface area (Å²) < 4.78 is 29.9. The van der Waals surface area contributed by atoms with E-state index in [0.29, 0.717) is 17.3 Å². The van der Waals surface area contributed by atoms with Crippen molar-refractivity contribution in [1.29, 1.82) is 0 Å². The molecule has 0 N–H and O–H groups in total. The third kappa shape index (κ3) is 3.94. The second-order valence-electron chi connectivity index (χ2n) is 9.60. The normalized spacial score (nSPS) is 21.2. The van der Waals surface area contributed by atoms with E-state index in [0.717, 1.165) is 49.7 Å². The molecule has 2 aromatic rings. The fraction of sp³-hybridized carbons (Fsp3) is 0.520. The molecule has 0 saturated heterocycles. The fourth-order valence-corrected chi connectivity index (χ4v) is 7.71. The van der Waals surface area contributed by atoms with Gasteiger partial charge < -0.3 is 0 Å². The molecule has 2 aromatic carbocycles. The summed E-state index contributed by atoms with van der Waals surface area (Å²) in [6.45, 7) is 5.00. The molecule has 4 rings (SSSR count). The van der Waals surface area contributed by atoms with Crippen molar-refractivity contribution >= 4 is 21.6 Å². The minimum Gasteiger partial charge on any atom is -0.207 e. The number of halogens is 1. The highest BCUT2D eigenvalue weighted by atomic mass is 35.5. The molecule has 0 aromatic heterocycles. The molecule has 1 aliphatic carbocycles. The monoisotopic (exact) mass is 445 g/mol. The Balaban J connectivity index is 1.82. The van der Waals surface area contributed by atoms with Crippen molar-refractivity contribution in [1.82, 2.24) is 4.31 Å². The Labute approximate surface area is 186 Å². The van der Waals surface area contributed by atoms with Crippen LogP contribution >= 0.6 is 11.6 Å². The van der Waals surface area contributed by atoms with Gasteiger partial charge in [-0.2, -0.15) is 4.31 Å². The highest BCUT2D eigenvalue weighted by Gasteiger charge is 2.50. The molecule has 5 heteroatoms. The van der Waals surface area contributed by atoms with Crippen LogP contribution in [0.25, 0.3) is 0 Å². The van der Waals surface area contributed by atoms with Gasteiger partial charge in [-0.3, -0.25) is 0 Å². The molecule has 1 fully saturated rings. The van der Waals surface area contributed by atoms with Crippen LogP contribution in [0, 0.1) is 0 Å². The van der Waals surface area contributed by atoms with E-state index in [-0.39, 0.29) is 11.0 Å². The first kappa shape index (κ1) is 21.9. The third-order valence-corrected chi connectivity index (χ3v) is 9.19. The van der Waals surface area contributed by atoms with E-state index in [9.17, 15) is 8.42 Å². The molecule has 3 nitrogen and oxygen atoms in total. The van der Waals surface area contributed by atoms with Crippen LogP contribution in [0.1, 0.15) is 69.1 Å². The molecule has 30 heavy (non-hydrogen) atoms. The molecule has 0 unspecified atom stereocenters. The lowest BCUT2D eigenvalue weighted by molar-refractivity contribution is 0.0970. The molecular formula is C25H32ClNO2S. The molecule has 0 bridgehead atoms. The smallest absolute Gasteiger partial charge is 0.207 e. The lowest BCUT2D eigenvalue weighted by Crippen LogP contribution is -2.53. The molecule has 1 spiro atoms. The number of hydrogen-bond donors (Lipinski definition) is 0. The van der Waals surface area contributed by atoms with Crippen LogP contribution in [0.5, 0.6) is 0 Å². The van der Waals surface area contributed by atoms with E-state index in [4.69, 9.17) is 11.6 Å². The van der Waals surface area contributed by atoms with Gasteiger partial charge in [0.2, 0.25) is 10.0 Å². The van der Waals surface area contributed by atoms with Crippen molar-refractivity contribution in [2.75, 3.05) is 5.88 Å². The van der Waals surface area contributed by atoms with Gasteiger partial charge in [-0.05, 0) is 59.9 Å². The first-order valence-corrected chi connectivity index (χ1v) is 13.0. The Kier molecular flexibility index (Phi) is 6.04. The van der Waals surface area contributed by atoms with Crippen LogP contribution in [0.4, 0.5) is 0 Å². The topological polar surface area (TPSA) is 37.4 Å². The van der Waals surface area contributed by atoms with Gasteiger partial charge in [-0.25, -0.2) is 8.42 Å². The van der Waals surface area contributed by atoms with E-state index in [2.05, 4.69) is 32.0 Å². The van der Waals surface area contributed by atoms with Gasteiger partial charge in [0, 0.05) is 18.0 Å². The second-order valence-corrected chi connectivity index (χ2v) is 11.8. The Morgan fingerprint density at radius 2 is 1.63 bits per heavy atom. The summed E-state index contributed by atoms with van der Waals surface area (Å²) in [7, 11) is -3.62. The van der Waals surface area contributed by atoms with Crippen LogP contribution in [-0.2, 0) is 28.4 Å². The van der Waals surface area contributed by atoms with Crippen molar-refractivity contribution in [2.24, 2.45) is 0 Å². The first-order valence-electron chi connectivity index (χ1n) is 11.0. The summed E-state index contributed by atoms with van der Waals surface area (Å²) in [5, 5.41) is 0. The van der Waals surface area contributed by atoms with E-state index in [1.54, 1.807) is 12.1 Å². The molecule has 2 aliphatic rings. The maximum Gasteiger partial charge on any atom is 0.243 e. The number of aryl methyl sites for hydroxylation is 1. The number of sulfonamides is 1. The zero-order valence-electron chi connectivity index (χ0n) is 18.0. The SMILES string of the molecule is CC1(C)CC2(CCCCC2)N(S(=O)(=O)c2ccc(CCCl)cc2)Cc2ccccc21. The predicted molar refractivity (Wildman–Crippen MR) is 123 cm³/mol. The third-order valence-electron chi connectivity index (χ3n) is 7.04. The number of alkyl halides is 1. The average Bonchev–Trinajstić information content (AvgIpc) is 2.82. The van der Waals surface area contributed by atoms with Gasteiger partial charge in [-0.15, -0.1) is 11.6 Å². The molecular weight excluding hydrogens is 414 g/mol. The number of nitrogens with zero attached hydrogens (tertiary/aromatic N) is 1. The highest BCUT2D eigenvalue weighted by Crippen LogP contribution is 2.49. The van der Waals surface area contributed by atoms with Crippen LogP contribution < -0.4 is 0 Å². The summed E-state index contributed by atoms with van der Waals surface area (Å²) in [6, 6.07) is 15.7. The molecule has 0 radical (unpaired) electrons. The molecule has 0 amide bonds. The summed E-state index contributed by atoms with van der Waals surface area (Å²) in [5.74, 6) is 0.535. The minimum absolute atomic E-state index is 0.0671. The fourth-order valence-electron chi connectivity index (χ4n) is 5.69. The predicted octanol–water partition coefficient (Wildman–Crippen LogP) is 6.04. The maximum absolute atomic E-state index is 14.0. The summed E-state index contributed by atoms with van der Waals surface area (Å²) in [4.78, 5) is 0.392. The van der Waals surface area contributed by atoms with Crippen molar-refractivity contribution in [3.05, 3.63) is 65.2 Å². The van der Waals surface area contributed by atoms with E-state index >= 15 is 0 Å². The maximum atomic E-state index is 14.0. The summed E-state index contributed by atoms with van der Waals surface area (Å²) in [5.41, 5.74) is 3.09. The van der Waals surface area contributed by atoms with E-state index in [1.807, 2.05) is 22.5 Å². The quantitative estimate of drug-likeness (QED) is 0.537. The number of fused-ring (bicyclic) bond motifs is 1. The van der Waals surface area contributed by atoms with Gasteiger partial charge in [0.05, 0.1) is 4.90 Å².